The van der Waals surface area contributed by atoms with Crippen LogP contribution in [0, 0.1) is 0 Å². The summed E-state index contributed by atoms with van der Waals surface area (Å²) in [7, 11) is 1.69. The monoisotopic (exact) mass is 331 g/mol. The summed E-state index contributed by atoms with van der Waals surface area (Å²) in [6.07, 6.45) is 3.56. The van der Waals surface area contributed by atoms with Crippen molar-refractivity contribution >= 4 is 21.6 Å². The van der Waals surface area contributed by atoms with Crippen LogP contribution in [-0.4, -0.2) is 21.7 Å². The lowest BCUT2D eigenvalue weighted by atomic mass is 10.1. The molecule has 4 nitrogen and oxygen atoms in total. The van der Waals surface area contributed by atoms with E-state index < -0.39 is 0 Å². The van der Waals surface area contributed by atoms with Gasteiger partial charge in [0.2, 0.25) is 0 Å². The molecule has 0 spiro atoms. The summed E-state index contributed by atoms with van der Waals surface area (Å²) < 4.78 is 8.16. The van der Waals surface area contributed by atoms with Gasteiger partial charge in [0.05, 0.1) is 7.11 Å². The number of hydrogen-bond acceptors (Lipinski definition) is 3. The molecule has 0 fully saturated rings. The van der Waals surface area contributed by atoms with E-state index in [1.807, 2.05) is 36.5 Å². The number of hydrogen-bond donors (Lipinski definition) is 0. The maximum Gasteiger partial charge on any atom is 0.156 e. The molecule has 0 aliphatic rings. The van der Waals surface area contributed by atoms with Crippen molar-refractivity contribution in [3.05, 3.63) is 58.5 Å². The Labute approximate surface area is 125 Å². The Bertz CT molecular complexity index is 739. The average molecular weight is 332 g/mol. The molecule has 0 saturated carbocycles. The third kappa shape index (κ3) is 2.67. The average Bonchev–Trinajstić information content (AvgIpc) is 2.87. The summed E-state index contributed by atoms with van der Waals surface area (Å²) in [6, 6.07) is 12.0. The molecule has 0 unspecified atom stereocenters. The van der Waals surface area contributed by atoms with Crippen LogP contribution >= 0.6 is 15.9 Å². The van der Waals surface area contributed by atoms with Crippen molar-refractivity contribution in [2.75, 3.05) is 7.11 Å². The first-order chi connectivity index (χ1) is 9.76. The topological polar surface area (TPSA) is 39.4 Å². The van der Waals surface area contributed by atoms with Gasteiger partial charge in [0.15, 0.2) is 11.5 Å². The van der Waals surface area contributed by atoms with Crippen LogP contribution in [0.1, 0.15) is 11.4 Å². The highest BCUT2D eigenvalue weighted by Gasteiger charge is 2.07. The molecule has 0 aliphatic heterocycles. The molecule has 0 saturated heterocycles. The molecule has 3 aromatic rings. The molecule has 2 heterocycles. The first-order valence-electron chi connectivity index (χ1n) is 6.39. The number of halogens is 1. The number of para-hydroxylation sites is 1. The second-order valence-corrected chi connectivity index (χ2v) is 5.40. The predicted molar refractivity (Wildman–Crippen MR) is 81.1 cm³/mol. The quantitative estimate of drug-likeness (QED) is 0.736. The van der Waals surface area contributed by atoms with E-state index >= 15 is 0 Å². The van der Waals surface area contributed by atoms with E-state index in [9.17, 15) is 0 Å². The summed E-state index contributed by atoms with van der Waals surface area (Å²) in [5.41, 5.74) is 2.03. The molecule has 0 radical (unpaired) electrons. The number of aromatic nitrogens is 3. The lowest BCUT2D eigenvalue weighted by Gasteiger charge is -2.06. The Balaban J connectivity index is 1.79. The Hall–Kier alpha value is -1.88. The Morgan fingerprint density at radius 2 is 2.05 bits per heavy atom. The van der Waals surface area contributed by atoms with Gasteiger partial charge in [0, 0.05) is 17.1 Å². The van der Waals surface area contributed by atoms with E-state index in [2.05, 4.69) is 32.1 Å². The van der Waals surface area contributed by atoms with E-state index in [1.165, 1.54) is 5.56 Å². The zero-order valence-corrected chi connectivity index (χ0v) is 12.7. The fourth-order valence-corrected chi connectivity index (χ4v) is 2.49. The lowest BCUT2D eigenvalue weighted by molar-refractivity contribution is 0.409. The van der Waals surface area contributed by atoms with E-state index in [0.717, 1.165) is 34.5 Å². The van der Waals surface area contributed by atoms with Crippen molar-refractivity contribution in [1.82, 2.24) is 14.6 Å². The molecule has 1 aromatic carbocycles. The smallest absolute Gasteiger partial charge is 0.156 e. The van der Waals surface area contributed by atoms with Crippen LogP contribution in [0.3, 0.4) is 0 Å². The van der Waals surface area contributed by atoms with Crippen molar-refractivity contribution in [2.24, 2.45) is 0 Å². The molecule has 5 heteroatoms. The van der Waals surface area contributed by atoms with Gasteiger partial charge in [-0.2, -0.15) is 5.10 Å². The molecule has 0 atom stereocenters. The van der Waals surface area contributed by atoms with Crippen LogP contribution in [0.15, 0.2) is 47.1 Å². The van der Waals surface area contributed by atoms with Crippen LogP contribution in [0.5, 0.6) is 5.75 Å². The first kappa shape index (κ1) is 13.1. The maximum atomic E-state index is 5.36. The van der Waals surface area contributed by atoms with Crippen LogP contribution in [0.2, 0.25) is 0 Å². The number of fused-ring (bicyclic) bond motifs is 1. The molecular formula is C15H14BrN3O. The maximum absolute atomic E-state index is 5.36. The van der Waals surface area contributed by atoms with Crippen LogP contribution in [0.4, 0.5) is 0 Å². The van der Waals surface area contributed by atoms with Crippen molar-refractivity contribution in [3.63, 3.8) is 0 Å². The standard InChI is InChI=1S/C15H14BrN3O/c1-20-13-5-3-2-4-11(13)6-7-14-17-15-10-12(16)8-9-19(15)18-14/h2-5,8-10H,6-7H2,1H3. The summed E-state index contributed by atoms with van der Waals surface area (Å²) >= 11 is 3.44. The molecule has 0 aliphatic carbocycles. The minimum atomic E-state index is 0.791. The van der Waals surface area contributed by atoms with E-state index in [1.54, 1.807) is 11.6 Å². The van der Waals surface area contributed by atoms with Crippen molar-refractivity contribution in [3.8, 4) is 5.75 Å². The lowest BCUT2D eigenvalue weighted by Crippen LogP contribution is -1.97. The van der Waals surface area contributed by atoms with E-state index in [-0.39, 0.29) is 0 Å². The van der Waals surface area contributed by atoms with Crippen molar-refractivity contribution < 1.29 is 4.74 Å². The largest absolute Gasteiger partial charge is 0.496 e. The third-order valence-corrected chi connectivity index (χ3v) is 3.65. The molecule has 0 bridgehead atoms. The molecule has 3 rings (SSSR count). The number of ether oxygens (including phenoxy) is 1. The van der Waals surface area contributed by atoms with Crippen LogP contribution < -0.4 is 4.74 Å². The molecule has 0 N–H and O–H groups in total. The summed E-state index contributed by atoms with van der Waals surface area (Å²) in [5, 5.41) is 4.47. The molecular weight excluding hydrogens is 318 g/mol. The van der Waals surface area contributed by atoms with Gasteiger partial charge in [-0.3, -0.25) is 0 Å². The first-order valence-corrected chi connectivity index (χ1v) is 7.18. The number of nitrogens with zero attached hydrogens (tertiary/aromatic N) is 3. The summed E-state index contributed by atoms with van der Waals surface area (Å²) in [5.74, 6) is 1.76. The Kier molecular flexibility index (Phi) is 3.69. The van der Waals surface area contributed by atoms with Gasteiger partial charge in [-0.25, -0.2) is 9.50 Å². The normalized spacial score (nSPS) is 10.9. The van der Waals surface area contributed by atoms with Crippen molar-refractivity contribution in [1.29, 1.82) is 0 Å². The molecule has 0 amide bonds. The van der Waals surface area contributed by atoms with Crippen LogP contribution in [0.25, 0.3) is 5.65 Å². The van der Waals surface area contributed by atoms with Crippen molar-refractivity contribution in [2.45, 2.75) is 12.8 Å². The van der Waals surface area contributed by atoms with Gasteiger partial charge in [-0.15, -0.1) is 0 Å². The van der Waals surface area contributed by atoms with E-state index in [4.69, 9.17) is 4.74 Å². The highest BCUT2D eigenvalue weighted by molar-refractivity contribution is 9.10. The fraction of sp³-hybridized carbons (Fsp3) is 0.200. The molecule has 2 aromatic heterocycles. The second-order valence-electron chi connectivity index (χ2n) is 4.49. The Morgan fingerprint density at radius 3 is 2.90 bits per heavy atom. The highest BCUT2D eigenvalue weighted by Crippen LogP contribution is 2.19. The van der Waals surface area contributed by atoms with Crippen LogP contribution in [-0.2, 0) is 12.8 Å². The number of pyridine rings is 1. The summed E-state index contributed by atoms with van der Waals surface area (Å²) in [6.45, 7) is 0. The number of benzene rings is 1. The zero-order valence-electron chi connectivity index (χ0n) is 11.1. The van der Waals surface area contributed by atoms with Gasteiger partial charge in [0.1, 0.15) is 5.75 Å². The number of methoxy groups -OCH3 is 1. The minimum Gasteiger partial charge on any atom is -0.496 e. The van der Waals surface area contributed by atoms with Gasteiger partial charge >= 0.3 is 0 Å². The van der Waals surface area contributed by atoms with Gasteiger partial charge < -0.3 is 4.74 Å². The zero-order chi connectivity index (χ0) is 13.9. The minimum absolute atomic E-state index is 0.791. The summed E-state index contributed by atoms with van der Waals surface area (Å²) in [4.78, 5) is 4.53. The third-order valence-electron chi connectivity index (χ3n) is 3.15. The van der Waals surface area contributed by atoms with Gasteiger partial charge in [-0.05, 0) is 30.2 Å². The van der Waals surface area contributed by atoms with Gasteiger partial charge in [-0.1, -0.05) is 34.1 Å². The number of rotatable bonds is 4. The number of aryl methyl sites for hydroxylation is 2. The van der Waals surface area contributed by atoms with E-state index in [0.29, 0.717) is 0 Å². The highest BCUT2D eigenvalue weighted by atomic mass is 79.9. The second kappa shape index (κ2) is 5.63. The predicted octanol–water partition coefficient (Wildman–Crippen LogP) is 3.29. The van der Waals surface area contributed by atoms with Gasteiger partial charge in [0.25, 0.3) is 0 Å². The molecule has 102 valence electrons. The SMILES string of the molecule is COc1ccccc1CCc1nc2cc(Br)ccn2n1. The fourth-order valence-electron chi connectivity index (χ4n) is 2.16. The molecule has 20 heavy (non-hydrogen) atoms. The Morgan fingerprint density at radius 1 is 1.20 bits per heavy atom.